The van der Waals surface area contributed by atoms with Gasteiger partial charge in [-0.2, -0.15) is 0 Å². The molecule has 1 saturated heterocycles. The van der Waals surface area contributed by atoms with Gasteiger partial charge in [0.15, 0.2) is 0 Å². The maximum absolute atomic E-state index is 12.3. The van der Waals surface area contributed by atoms with Crippen LogP contribution in [0, 0.1) is 5.92 Å². The molecule has 0 aliphatic carbocycles. The van der Waals surface area contributed by atoms with Gasteiger partial charge >= 0.3 is 0 Å². The number of likely N-dealkylation sites (tertiary alicyclic amines) is 1. The van der Waals surface area contributed by atoms with Gasteiger partial charge in [-0.25, -0.2) is 0 Å². The summed E-state index contributed by atoms with van der Waals surface area (Å²) < 4.78 is 0. The fourth-order valence-corrected chi connectivity index (χ4v) is 2.33. The largest absolute Gasteiger partial charge is 0.341 e. The van der Waals surface area contributed by atoms with Crippen LogP contribution in [0.1, 0.15) is 30.6 Å². The van der Waals surface area contributed by atoms with Gasteiger partial charge in [-0.15, -0.1) is 0 Å². The number of carbonyl (C=O) groups excluding carboxylic acids is 2. The summed E-state index contributed by atoms with van der Waals surface area (Å²) >= 11 is 6.01. The molecule has 2 amide bonds. The number of hydrogen-bond acceptors (Lipinski definition) is 2. The van der Waals surface area contributed by atoms with Gasteiger partial charge in [0, 0.05) is 13.1 Å². The van der Waals surface area contributed by atoms with Crippen molar-refractivity contribution < 1.29 is 9.59 Å². The summed E-state index contributed by atoms with van der Waals surface area (Å²) in [5.74, 6) is -0.274. The summed E-state index contributed by atoms with van der Waals surface area (Å²) in [7, 11) is 0. The van der Waals surface area contributed by atoms with Crippen LogP contribution >= 0.6 is 11.6 Å². The number of amides is 2. The monoisotopic (exact) mass is 294 g/mol. The van der Waals surface area contributed by atoms with Crippen LogP contribution in [0.3, 0.4) is 0 Å². The van der Waals surface area contributed by atoms with Crippen LogP contribution in [-0.4, -0.2) is 35.8 Å². The molecule has 1 N–H and O–H groups in total. The molecule has 0 bridgehead atoms. The molecular weight excluding hydrogens is 276 g/mol. The molecule has 1 aromatic rings. The molecule has 20 heavy (non-hydrogen) atoms. The number of hydrogen-bond donors (Lipinski definition) is 1. The molecule has 1 atom stereocenters. The highest BCUT2D eigenvalue weighted by atomic mass is 35.5. The van der Waals surface area contributed by atoms with Crippen LogP contribution in [0.5, 0.6) is 0 Å². The van der Waals surface area contributed by atoms with E-state index in [1.165, 1.54) is 0 Å². The van der Waals surface area contributed by atoms with Crippen molar-refractivity contribution >= 4 is 23.4 Å². The Kier molecular flexibility index (Phi) is 4.65. The summed E-state index contributed by atoms with van der Waals surface area (Å²) in [4.78, 5) is 26.3. The minimum absolute atomic E-state index is 0.00773. The van der Waals surface area contributed by atoms with Crippen molar-refractivity contribution in [3.63, 3.8) is 0 Å². The fraction of sp³-hybridized carbons (Fsp3) is 0.467. The van der Waals surface area contributed by atoms with E-state index in [4.69, 9.17) is 11.6 Å². The standard InChI is InChI=1S/C15H19ClN2O2/c1-10(2)13(15(20)18-8-5-9-18)17-14(19)11-6-3-4-7-12(11)16/h3-4,6-7,10,13H,5,8-9H2,1-2H3,(H,17,19)/t13-/m1/s1. The summed E-state index contributed by atoms with van der Waals surface area (Å²) in [6.45, 7) is 5.42. The van der Waals surface area contributed by atoms with Gasteiger partial charge in [-0.05, 0) is 24.5 Å². The number of benzene rings is 1. The zero-order valence-electron chi connectivity index (χ0n) is 11.7. The first-order valence-corrected chi connectivity index (χ1v) is 7.22. The number of carbonyl (C=O) groups is 2. The third-order valence-corrected chi connectivity index (χ3v) is 3.84. The average molecular weight is 295 g/mol. The van der Waals surface area contributed by atoms with Crippen molar-refractivity contribution in [3.8, 4) is 0 Å². The molecule has 4 nitrogen and oxygen atoms in total. The maximum Gasteiger partial charge on any atom is 0.253 e. The predicted molar refractivity (Wildman–Crippen MR) is 78.7 cm³/mol. The number of nitrogens with zero attached hydrogens (tertiary/aromatic N) is 1. The molecule has 0 unspecified atom stereocenters. The Morgan fingerprint density at radius 2 is 1.90 bits per heavy atom. The van der Waals surface area contributed by atoms with E-state index in [2.05, 4.69) is 5.32 Å². The van der Waals surface area contributed by atoms with E-state index in [9.17, 15) is 9.59 Å². The van der Waals surface area contributed by atoms with E-state index in [1.54, 1.807) is 29.2 Å². The first kappa shape index (κ1) is 14.9. The Balaban J connectivity index is 2.10. The van der Waals surface area contributed by atoms with Crippen LogP contribution in [0.25, 0.3) is 0 Å². The molecule has 0 radical (unpaired) electrons. The van der Waals surface area contributed by atoms with Gasteiger partial charge < -0.3 is 10.2 Å². The quantitative estimate of drug-likeness (QED) is 0.926. The summed E-state index contributed by atoms with van der Waals surface area (Å²) in [6, 6.07) is 6.34. The Morgan fingerprint density at radius 1 is 1.25 bits per heavy atom. The number of halogens is 1. The lowest BCUT2D eigenvalue weighted by atomic mass is 10.0. The highest BCUT2D eigenvalue weighted by Gasteiger charge is 2.31. The van der Waals surface area contributed by atoms with Gasteiger partial charge in [0.05, 0.1) is 10.6 Å². The van der Waals surface area contributed by atoms with Gasteiger partial charge in [0.25, 0.3) is 5.91 Å². The highest BCUT2D eigenvalue weighted by Crippen LogP contribution is 2.17. The topological polar surface area (TPSA) is 49.4 Å². The Hall–Kier alpha value is -1.55. The molecule has 2 rings (SSSR count). The minimum atomic E-state index is -0.501. The average Bonchev–Trinajstić information content (AvgIpc) is 2.33. The smallest absolute Gasteiger partial charge is 0.253 e. The molecule has 0 spiro atoms. The Bertz CT molecular complexity index is 512. The summed E-state index contributed by atoms with van der Waals surface area (Å²) in [5.41, 5.74) is 0.399. The number of rotatable bonds is 4. The first-order chi connectivity index (χ1) is 9.50. The lowest BCUT2D eigenvalue weighted by Crippen LogP contribution is -2.55. The van der Waals surface area contributed by atoms with Crippen molar-refractivity contribution in [2.24, 2.45) is 5.92 Å². The van der Waals surface area contributed by atoms with Crippen molar-refractivity contribution in [1.82, 2.24) is 10.2 Å². The van der Waals surface area contributed by atoms with Gasteiger partial charge in [-0.3, -0.25) is 9.59 Å². The third-order valence-electron chi connectivity index (χ3n) is 3.51. The normalized spacial score (nSPS) is 15.7. The fourth-order valence-electron chi connectivity index (χ4n) is 2.11. The van der Waals surface area contributed by atoms with E-state index >= 15 is 0 Å². The molecule has 1 heterocycles. The maximum atomic E-state index is 12.3. The van der Waals surface area contributed by atoms with E-state index < -0.39 is 6.04 Å². The minimum Gasteiger partial charge on any atom is -0.341 e. The van der Waals surface area contributed by atoms with E-state index in [0.29, 0.717) is 10.6 Å². The molecule has 108 valence electrons. The third kappa shape index (κ3) is 3.12. The molecular formula is C15H19ClN2O2. The zero-order chi connectivity index (χ0) is 14.7. The van der Waals surface area contributed by atoms with Crippen molar-refractivity contribution in [1.29, 1.82) is 0 Å². The Labute approximate surface area is 124 Å². The SMILES string of the molecule is CC(C)[C@@H](NC(=O)c1ccccc1Cl)C(=O)N1CCC1. The van der Waals surface area contributed by atoms with Crippen LogP contribution in [0.2, 0.25) is 5.02 Å². The van der Waals surface area contributed by atoms with Crippen LogP contribution in [0.4, 0.5) is 0 Å². The van der Waals surface area contributed by atoms with E-state index in [0.717, 1.165) is 19.5 Å². The number of nitrogens with one attached hydrogen (secondary N) is 1. The molecule has 1 aliphatic heterocycles. The second-order valence-electron chi connectivity index (χ2n) is 5.35. The first-order valence-electron chi connectivity index (χ1n) is 6.85. The summed E-state index contributed by atoms with van der Waals surface area (Å²) in [6.07, 6.45) is 1.04. The molecule has 1 aromatic carbocycles. The van der Waals surface area contributed by atoms with Crippen molar-refractivity contribution in [3.05, 3.63) is 34.9 Å². The van der Waals surface area contributed by atoms with Crippen LogP contribution in [0.15, 0.2) is 24.3 Å². The van der Waals surface area contributed by atoms with Gasteiger partial charge in [0.1, 0.15) is 6.04 Å². The van der Waals surface area contributed by atoms with Crippen LogP contribution in [-0.2, 0) is 4.79 Å². The van der Waals surface area contributed by atoms with Gasteiger partial charge in [-0.1, -0.05) is 37.6 Å². The predicted octanol–water partition coefficient (Wildman–Crippen LogP) is 2.33. The van der Waals surface area contributed by atoms with Crippen molar-refractivity contribution in [2.45, 2.75) is 26.3 Å². The molecule has 0 saturated carbocycles. The molecule has 5 heteroatoms. The second-order valence-corrected chi connectivity index (χ2v) is 5.76. The molecule has 0 aromatic heterocycles. The molecule has 1 aliphatic rings. The van der Waals surface area contributed by atoms with E-state index in [-0.39, 0.29) is 17.7 Å². The van der Waals surface area contributed by atoms with Crippen molar-refractivity contribution in [2.75, 3.05) is 13.1 Å². The lowest BCUT2D eigenvalue weighted by molar-refractivity contribution is -0.137. The summed E-state index contributed by atoms with van der Waals surface area (Å²) in [5, 5.41) is 3.20. The highest BCUT2D eigenvalue weighted by molar-refractivity contribution is 6.33. The molecule has 1 fully saturated rings. The van der Waals surface area contributed by atoms with E-state index in [1.807, 2.05) is 13.8 Å². The lowest BCUT2D eigenvalue weighted by Gasteiger charge is -2.35. The Morgan fingerprint density at radius 3 is 2.40 bits per heavy atom. The second kappa shape index (κ2) is 6.27. The zero-order valence-corrected chi connectivity index (χ0v) is 12.5. The van der Waals surface area contributed by atoms with Crippen LogP contribution < -0.4 is 5.32 Å². The van der Waals surface area contributed by atoms with Gasteiger partial charge in [0.2, 0.25) is 5.91 Å².